The van der Waals surface area contributed by atoms with Gasteiger partial charge >= 0.3 is 11.8 Å². The zero-order valence-corrected chi connectivity index (χ0v) is 20.2. The van der Waals surface area contributed by atoms with Crippen LogP contribution >= 0.6 is 0 Å². The summed E-state index contributed by atoms with van der Waals surface area (Å²) in [7, 11) is 1.59. The molecule has 1 atom stereocenters. The van der Waals surface area contributed by atoms with Crippen LogP contribution in [0.15, 0.2) is 73.1 Å². The van der Waals surface area contributed by atoms with E-state index in [0.29, 0.717) is 31.9 Å². The van der Waals surface area contributed by atoms with Crippen LogP contribution in [0.25, 0.3) is 0 Å². The number of nitrogens with zero attached hydrogens (tertiary/aromatic N) is 3. The van der Waals surface area contributed by atoms with E-state index in [1.165, 1.54) is 6.07 Å². The number of hydrogen-bond donors (Lipinski definition) is 2. The lowest BCUT2D eigenvalue weighted by molar-refractivity contribution is -0.139. The maximum absolute atomic E-state index is 14.2. The van der Waals surface area contributed by atoms with Gasteiger partial charge in [0, 0.05) is 51.7 Å². The van der Waals surface area contributed by atoms with Crippen molar-refractivity contribution in [3.8, 4) is 5.75 Å². The molecule has 1 aromatic heterocycles. The third-order valence-electron chi connectivity index (χ3n) is 6.29. The van der Waals surface area contributed by atoms with Crippen LogP contribution < -0.4 is 20.3 Å². The first-order chi connectivity index (χ1) is 17.5. The summed E-state index contributed by atoms with van der Waals surface area (Å²) in [5, 5.41) is 5.42. The Balaban J connectivity index is 1.34. The van der Waals surface area contributed by atoms with Crippen molar-refractivity contribution >= 4 is 17.5 Å². The highest BCUT2D eigenvalue weighted by atomic mass is 19.1. The fourth-order valence-electron chi connectivity index (χ4n) is 4.29. The van der Waals surface area contributed by atoms with E-state index in [-0.39, 0.29) is 24.9 Å². The molecule has 0 spiro atoms. The molecule has 9 heteroatoms. The predicted octanol–water partition coefficient (Wildman–Crippen LogP) is 2.53. The molecule has 0 bridgehead atoms. The number of carbonyl (C=O) groups excluding carboxylic acids is 2. The highest BCUT2D eigenvalue weighted by Gasteiger charge is 2.27. The molecule has 188 valence electrons. The van der Waals surface area contributed by atoms with Gasteiger partial charge in [-0.05, 0) is 41.5 Å². The summed E-state index contributed by atoms with van der Waals surface area (Å²) in [6, 6.07) is 17.7. The molecule has 2 heterocycles. The number of benzene rings is 2. The number of amides is 2. The average Bonchev–Trinajstić information content (AvgIpc) is 2.93. The first-order valence-electron chi connectivity index (χ1n) is 11.9. The second-order valence-electron chi connectivity index (χ2n) is 8.52. The lowest BCUT2D eigenvalue weighted by atomic mass is 10.1. The summed E-state index contributed by atoms with van der Waals surface area (Å²) in [4.78, 5) is 33.4. The molecule has 1 fully saturated rings. The van der Waals surface area contributed by atoms with Crippen molar-refractivity contribution in [1.29, 1.82) is 0 Å². The van der Waals surface area contributed by atoms with Crippen LogP contribution in [-0.2, 0) is 16.1 Å². The number of hydrogen-bond acceptors (Lipinski definition) is 6. The van der Waals surface area contributed by atoms with Gasteiger partial charge in [0.1, 0.15) is 11.6 Å². The van der Waals surface area contributed by atoms with Gasteiger partial charge in [-0.3, -0.25) is 19.5 Å². The summed E-state index contributed by atoms with van der Waals surface area (Å²) < 4.78 is 19.4. The van der Waals surface area contributed by atoms with Crippen molar-refractivity contribution in [3.05, 3.63) is 90.0 Å². The molecule has 1 aliphatic rings. The summed E-state index contributed by atoms with van der Waals surface area (Å²) in [6.07, 6.45) is 3.46. The van der Waals surface area contributed by atoms with E-state index in [1.54, 1.807) is 43.8 Å². The highest BCUT2D eigenvalue weighted by Crippen LogP contribution is 2.25. The second-order valence-corrected chi connectivity index (χ2v) is 8.52. The Morgan fingerprint density at radius 3 is 2.36 bits per heavy atom. The first kappa shape index (κ1) is 25.1. The van der Waals surface area contributed by atoms with Crippen LogP contribution in [-0.4, -0.2) is 61.5 Å². The van der Waals surface area contributed by atoms with Crippen LogP contribution in [0.3, 0.4) is 0 Å². The van der Waals surface area contributed by atoms with Crippen molar-refractivity contribution in [2.45, 2.75) is 12.6 Å². The molecule has 0 radical (unpaired) electrons. The van der Waals surface area contributed by atoms with Gasteiger partial charge in [-0.25, -0.2) is 4.39 Å². The van der Waals surface area contributed by atoms with Gasteiger partial charge in [-0.1, -0.05) is 30.3 Å². The van der Waals surface area contributed by atoms with E-state index in [2.05, 4.69) is 20.5 Å². The molecule has 3 aromatic rings. The number of rotatable bonds is 8. The molecule has 1 saturated heterocycles. The van der Waals surface area contributed by atoms with Crippen molar-refractivity contribution in [1.82, 2.24) is 20.5 Å². The van der Waals surface area contributed by atoms with Gasteiger partial charge < -0.3 is 20.3 Å². The van der Waals surface area contributed by atoms with Gasteiger partial charge in [0.25, 0.3) is 0 Å². The quantitative estimate of drug-likeness (QED) is 0.471. The Morgan fingerprint density at radius 2 is 1.69 bits per heavy atom. The molecule has 36 heavy (non-hydrogen) atoms. The average molecular weight is 492 g/mol. The number of aromatic nitrogens is 1. The largest absolute Gasteiger partial charge is 0.497 e. The number of halogens is 1. The van der Waals surface area contributed by atoms with Gasteiger partial charge in [0.05, 0.1) is 18.8 Å². The monoisotopic (exact) mass is 491 g/mol. The van der Waals surface area contributed by atoms with E-state index in [0.717, 1.165) is 16.9 Å². The number of anilines is 1. The van der Waals surface area contributed by atoms with Crippen molar-refractivity contribution < 1.29 is 18.7 Å². The second kappa shape index (κ2) is 12.1. The molecular weight excluding hydrogens is 461 g/mol. The molecule has 0 unspecified atom stereocenters. The molecule has 8 nitrogen and oxygen atoms in total. The van der Waals surface area contributed by atoms with Gasteiger partial charge in [0.2, 0.25) is 0 Å². The molecule has 2 amide bonds. The molecular formula is C27H30FN5O3. The van der Waals surface area contributed by atoms with E-state index in [1.807, 2.05) is 35.2 Å². The Bertz CT molecular complexity index is 1150. The van der Waals surface area contributed by atoms with Crippen LogP contribution in [0.4, 0.5) is 10.1 Å². The standard InChI is InChI=1S/C27H30FN5O3/c1-36-22-10-8-20(9-11-22)17-30-26(34)27(35)31-19-25(21-5-4-12-29-18-21)33-15-13-32(14-16-33)24-7-3-2-6-23(24)28/h2-12,18,25H,13-17,19H2,1H3,(H,30,34)(H,31,35)/t25-/m0/s1. The number of ether oxygens (including phenoxy) is 1. The summed E-state index contributed by atoms with van der Waals surface area (Å²) in [5.41, 5.74) is 2.39. The minimum Gasteiger partial charge on any atom is -0.497 e. The van der Waals surface area contributed by atoms with E-state index >= 15 is 0 Å². The van der Waals surface area contributed by atoms with Gasteiger partial charge in [0.15, 0.2) is 0 Å². The third-order valence-corrected chi connectivity index (χ3v) is 6.29. The summed E-state index contributed by atoms with van der Waals surface area (Å²) >= 11 is 0. The zero-order chi connectivity index (χ0) is 25.3. The Kier molecular flexibility index (Phi) is 8.46. The normalized spacial score (nSPS) is 14.7. The fraction of sp³-hybridized carbons (Fsp3) is 0.296. The molecule has 2 aromatic carbocycles. The van der Waals surface area contributed by atoms with Crippen molar-refractivity contribution in [3.63, 3.8) is 0 Å². The smallest absolute Gasteiger partial charge is 0.309 e. The number of piperazine rings is 1. The molecule has 4 rings (SSSR count). The lowest BCUT2D eigenvalue weighted by Gasteiger charge is -2.40. The van der Waals surface area contributed by atoms with E-state index in [4.69, 9.17) is 4.74 Å². The maximum Gasteiger partial charge on any atom is 0.309 e. The van der Waals surface area contributed by atoms with Crippen LogP contribution in [0.2, 0.25) is 0 Å². The SMILES string of the molecule is COc1ccc(CNC(=O)C(=O)NC[C@@H](c2cccnc2)N2CCN(c3ccccc3F)CC2)cc1. The number of nitrogens with one attached hydrogen (secondary N) is 2. The Morgan fingerprint density at radius 1 is 0.972 bits per heavy atom. The number of methoxy groups -OCH3 is 1. The van der Waals surface area contributed by atoms with Crippen LogP contribution in [0.1, 0.15) is 17.2 Å². The Hall–Kier alpha value is -3.98. The fourth-order valence-corrected chi connectivity index (χ4v) is 4.29. The molecule has 2 N–H and O–H groups in total. The Labute approximate surface area is 210 Å². The highest BCUT2D eigenvalue weighted by molar-refractivity contribution is 6.35. The topological polar surface area (TPSA) is 86.8 Å². The number of carbonyl (C=O) groups is 2. The first-order valence-corrected chi connectivity index (χ1v) is 11.9. The van der Waals surface area contributed by atoms with Crippen LogP contribution in [0, 0.1) is 5.82 Å². The number of pyridine rings is 1. The molecule has 1 aliphatic heterocycles. The van der Waals surface area contributed by atoms with Crippen molar-refractivity contribution in [2.75, 3.05) is 44.7 Å². The van der Waals surface area contributed by atoms with Crippen molar-refractivity contribution in [2.24, 2.45) is 0 Å². The maximum atomic E-state index is 14.2. The van der Waals surface area contributed by atoms with Crippen LogP contribution in [0.5, 0.6) is 5.75 Å². The summed E-state index contributed by atoms with van der Waals surface area (Å²) in [6.45, 7) is 3.13. The van der Waals surface area contributed by atoms with E-state index < -0.39 is 11.8 Å². The molecule has 0 saturated carbocycles. The van der Waals surface area contributed by atoms with Gasteiger partial charge in [-0.15, -0.1) is 0 Å². The zero-order valence-electron chi connectivity index (χ0n) is 20.2. The minimum absolute atomic E-state index is 0.167. The predicted molar refractivity (Wildman–Crippen MR) is 135 cm³/mol. The summed E-state index contributed by atoms with van der Waals surface area (Å²) in [5.74, 6) is -0.899. The number of para-hydroxylation sites is 1. The molecule has 0 aliphatic carbocycles. The minimum atomic E-state index is -0.694. The third kappa shape index (κ3) is 6.37. The lowest BCUT2D eigenvalue weighted by Crippen LogP contribution is -2.51. The van der Waals surface area contributed by atoms with E-state index in [9.17, 15) is 14.0 Å². The van der Waals surface area contributed by atoms with Gasteiger partial charge in [-0.2, -0.15) is 0 Å².